The second-order valence-electron chi connectivity index (χ2n) is 6.61. The van der Waals surface area contributed by atoms with E-state index in [1.54, 1.807) is 0 Å². The molecule has 0 aliphatic heterocycles. The van der Waals surface area contributed by atoms with E-state index in [-0.39, 0.29) is 5.54 Å². The van der Waals surface area contributed by atoms with Crippen molar-refractivity contribution in [3.8, 4) is 0 Å². The molecule has 1 aromatic carbocycles. The van der Waals surface area contributed by atoms with Crippen LogP contribution in [0.5, 0.6) is 0 Å². The van der Waals surface area contributed by atoms with Gasteiger partial charge in [-0.1, -0.05) is 41.4 Å². The molecule has 0 spiro atoms. The number of nitrogens with zero attached hydrogens (tertiary/aromatic N) is 1. The lowest BCUT2D eigenvalue weighted by Gasteiger charge is -2.31. The molecular formula is C17H29BrN2. The Kier molecular flexibility index (Phi) is 7.21. The van der Waals surface area contributed by atoms with Gasteiger partial charge in [0.25, 0.3) is 0 Å². The molecule has 3 heteroatoms. The minimum Gasteiger partial charge on any atom is -0.311 e. The number of halogens is 1. The van der Waals surface area contributed by atoms with E-state index >= 15 is 0 Å². The maximum Gasteiger partial charge on any atom is 0.0234 e. The molecule has 0 radical (unpaired) electrons. The van der Waals surface area contributed by atoms with Crippen LogP contribution in [0.2, 0.25) is 0 Å². The number of likely N-dealkylation sites (N-methyl/N-ethyl adjacent to an activating group) is 1. The van der Waals surface area contributed by atoms with Crippen molar-refractivity contribution in [2.45, 2.75) is 58.7 Å². The average molecular weight is 341 g/mol. The van der Waals surface area contributed by atoms with E-state index in [1.165, 1.54) is 18.4 Å². The summed E-state index contributed by atoms with van der Waals surface area (Å²) in [6, 6.07) is 9.21. The topological polar surface area (TPSA) is 15.3 Å². The summed E-state index contributed by atoms with van der Waals surface area (Å²) in [6.07, 6.45) is 2.46. The second kappa shape index (κ2) is 8.16. The summed E-state index contributed by atoms with van der Waals surface area (Å²) >= 11 is 3.49. The lowest BCUT2D eigenvalue weighted by atomic mass is 10.1. The third-order valence-corrected chi connectivity index (χ3v) is 3.99. The van der Waals surface area contributed by atoms with Gasteiger partial charge in [0.1, 0.15) is 0 Å². The zero-order valence-electron chi connectivity index (χ0n) is 13.5. The van der Waals surface area contributed by atoms with Crippen molar-refractivity contribution in [1.29, 1.82) is 0 Å². The lowest BCUT2D eigenvalue weighted by Crippen LogP contribution is -2.46. The minimum atomic E-state index is 0.185. The number of benzene rings is 1. The molecule has 20 heavy (non-hydrogen) atoms. The van der Waals surface area contributed by atoms with Gasteiger partial charge in [-0.05, 0) is 51.9 Å². The molecular weight excluding hydrogens is 312 g/mol. The van der Waals surface area contributed by atoms with Gasteiger partial charge in [0.05, 0.1) is 0 Å². The van der Waals surface area contributed by atoms with Gasteiger partial charge in [0.2, 0.25) is 0 Å². The molecule has 0 saturated heterocycles. The summed E-state index contributed by atoms with van der Waals surface area (Å²) in [4.78, 5) is 2.46. The molecule has 0 amide bonds. The molecule has 2 nitrogen and oxygen atoms in total. The van der Waals surface area contributed by atoms with Gasteiger partial charge in [-0.2, -0.15) is 0 Å². The van der Waals surface area contributed by atoms with Crippen molar-refractivity contribution in [2.24, 2.45) is 0 Å². The normalized spacial score (nSPS) is 13.8. The fourth-order valence-electron chi connectivity index (χ4n) is 2.24. The van der Waals surface area contributed by atoms with Gasteiger partial charge in [0, 0.05) is 29.1 Å². The molecule has 0 saturated carbocycles. The molecule has 0 bridgehead atoms. The van der Waals surface area contributed by atoms with E-state index in [2.05, 4.69) is 85.2 Å². The zero-order chi connectivity index (χ0) is 15.2. The van der Waals surface area contributed by atoms with Gasteiger partial charge in [-0.3, -0.25) is 4.90 Å². The molecule has 1 unspecified atom stereocenters. The van der Waals surface area contributed by atoms with Crippen LogP contribution in [0.4, 0.5) is 0 Å². The Hall–Kier alpha value is -0.380. The van der Waals surface area contributed by atoms with Crippen molar-refractivity contribution >= 4 is 15.9 Å². The summed E-state index contributed by atoms with van der Waals surface area (Å²) in [5, 5.41) is 3.63. The van der Waals surface area contributed by atoms with Crippen LogP contribution in [-0.2, 0) is 6.54 Å². The Balaban J connectivity index is 2.58. The SMILES string of the molecule is CCCC(CNC(C)(C)C)N(C)Cc1ccc(Br)cc1. The molecule has 1 atom stereocenters. The van der Waals surface area contributed by atoms with Gasteiger partial charge >= 0.3 is 0 Å². The van der Waals surface area contributed by atoms with Crippen LogP contribution in [-0.4, -0.2) is 30.1 Å². The fraction of sp³-hybridized carbons (Fsp3) is 0.647. The highest BCUT2D eigenvalue weighted by Crippen LogP contribution is 2.14. The molecule has 1 N–H and O–H groups in total. The number of nitrogens with one attached hydrogen (secondary N) is 1. The van der Waals surface area contributed by atoms with Crippen molar-refractivity contribution in [3.63, 3.8) is 0 Å². The summed E-state index contributed by atoms with van der Waals surface area (Å²) in [5.74, 6) is 0. The van der Waals surface area contributed by atoms with Crippen LogP contribution < -0.4 is 5.32 Å². The van der Waals surface area contributed by atoms with Gasteiger partial charge < -0.3 is 5.32 Å². The molecule has 0 aliphatic carbocycles. The van der Waals surface area contributed by atoms with E-state index in [4.69, 9.17) is 0 Å². The molecule has 0 heterocycles. The Morgan fingerprint density at radius 3 is 2.30 bits per heavy atom. The summed E-state index contributed by atoms with van der Waals surface area (Å²) in [5.41, 5.74) is 1.55. The Morgan fingerprint density at radius 2 is 1.80 bits per heavy atom. The van der Waals surface area contributed by atoms with E-state index in [1.807, 2.05) is 0 Å². The first-order chi connectivity index (χ1) is 9.31. The monoisotopic (exact) mass is 340 g/mol. The average Bonchev–Trinajstić information content (AvgIpc) is 2.36. The van der Waals surface area contributed by atoms with Crippen molar-refractivity contribution in [1.82, 2.24) is 10.2 Å². The van der Waals surface area contributed by atoms with Crippen LogP contribution >= 0.6 is 15.9 Å². The first-order valence-corrected chi connectivity index (χ1v) is 8.31. The first-order valence-electron chi connectivity index (χ1n) is 7.51. The highest BCUT2D eigenvalue weighted by molar-refractivity contribution is 9.10. The molecule has 0 fully saturated rings. The smallest absolute Gasteiger partial charge is 0.0234 e. The van der Waals surface area contributed by atoms with E-state index in [0.29, 0.717) is 6.04 Å². The predicted octanol–water partition coefficient (Wildman–Crippen LogP) is 4.44. The van der Waals surface area contributed by atoms with Crippen molar-refractivity contribution in [3.05, 3.63) is 34.3 Å². The zero-order valence-corrected chi connectivity index (χ0v) is 15.1. The van der Waals surface area contributed by atoms with Crippen LogP contribution in [0.15, 0.2) is 28.7 Å². The summed E-state index contributed by atoms with van der Waals surface area (Å²) in [7, 11) is 2.23. The van der Waals surface area contributed by atoms with Gasteiger partial charge in [-0.25, -0.2) is 0 Å². The first kappa shape index (κ1) is 17.7. The highest BCUT2D eigenvalue weighted by atomic mass is 79.9. The van der Waals surface area contributed by atoms with Gasteiger partial charge in [-0.15, -0.1) is 0 Å². The van der Waals surface area contributed by atoms with E-state index < -0.39 is 0 Å². The Morgan fingerprint density at radius 1 is 1.20 bits per heavy atom. The molecule has 1 aromatic rings. The van der Waals surface area contributed by atoms with Crippen molar-refractivity contribution < 1.29 is 0 Å². The quantitative estimate of drug-likeness (QED) is 0.789. The molecule has 114 valence electrons. The van der Waals surface area contributed by atoms with Crippen LogP contribution in [0.1, 0.15) is 46.1 Å². The largest absolute Gasteiger partial charge is 0.311 e. The summed E-state index contributed by atoms with van der Waals surface area (Å²) < 4.78 is 1.14. The molecule has 1 rings (SSSR count). The number of hydrogen-bond donors (Lipinski definition) is 1. The maximum atomic E-state index is 3.63. The third kappa shape index (κ3) is 6.87. The second-order valence-corrected chi connectivity index (χ2v) is 7.53. The molecule has 0 aromatic heterocycles. The van der Waals surface area contributed by atoms with Crippen molar-refractivity contribution in [2.75, 3.05) is 13.6 Å². The molecule has 0 aliphatic rings. The predicted molar refractivity (Wildman–Crippen MR) is 92.1 cm³/mol. The van der Waals surface area contributed by atoms with E-state index in [9.17, 15) is 0 Å². The third-order valence-electron chi connectivity index (χ3n) is 3.46. The standard InChI is InChI=1S/C17H29BrN2/c1-6-7-16(12-19-17(2,3)4)20(5)13-14-8-10-15(18)11-9-14/h8-11,16,19H,6-7,12-13H2,1-5H3. The van der Waals surface area contributed by atoms with Gasteiger partial charge in [0.15, 0.2) is 0 Å². The Bertz CT molecular complexity index is 381. The van der Waals surface area contributed by atoms with Crippen LogP contribution in [0.3, 0.4) is 0 Å². The van der Waals surface area contributed by atoms with Crippen LogP contribution in [0, 0.1) is 0 Å². The fourth-order valence-corrected chi connectivity index (χ4v) is 2.51. The number of rotatable bonds is 7. The van der Waals surface area contributed by atoms with E-state index in [0.717, 1.165) is 17.6 Å². The Labute approximate surface area is 133 Å². The minimum absolute atomic E-state index is 0.185. The lowest BCUT2D eigenvalue weighted by molar-refractivity contribution is 0.202. The number of hydrogen-bond acceptors (Lipinski definition) is 2. The summed E-state index contributed by atoms with van der Waals surface area (Å²) in [6.45, 7) is 11.0. The highest BCUT2D eigenvalue weighted by Gasteiger charge is 2.17. The van der Waals surface area contributed by atoms with Crippen LogP contribution in [0.25, 0.3) is 0 Å². The maximum absolute atomic E-state index is 3.63.